The zero-order chi connectivity index (χ0) is 15.6. The summed E-state index contributed by atoms with van der Waals surface area (Å²) in [4.78, 5) is 0. The highest BCUT2D eigenvalue weighted by Crippen LogP contribution is 2.24. The molecule has 0 N–H and O–H groups in total. The third kappa shape index (κ3) is 6.76. The minimum Gasteiger partial charge on any atom is -0.496 e. The summed E-state index contributed by atoms with van der Waals surface area (Å²) in [7, 11) is 3.45. The minimum atomic E-state index is 0.169. The van der Waals surface area contributed by atoms with Crippen LogP contribution in [0.2, 0.25) is 0 Å². The second-order valence-corrected chi connectivity index (χ2v) is 5.45. The number of hydrogen-bond acceptors (Lipinski definition) is 2. The van der Waals surface area contributed by atoms with Crippen molar-refractivity contribution in [2.75, 3.05) is 20.8 Å². The van der Waals surface area contributed by atoms with Gasteiger partial charge in [0.25, 0.3) is 0 Å². The van der Waals surface area contributed by atoms with Gasteiger partial charge in [0, 0.05) is 12.7 Å². The number of aryl methyl sites for hydroxylation is 1. The molecule has 1 aromatic carbocycles. The van der Waals surface area contributed by atoms with Gasteiger partial charge in [-0.05, 0) is 30.9 Å². The van der Waals surface area contributed by atoms with E-state index in [1.807, 2.05) is 19.9 Å². The summed E-state index contributed by atoms with van der Waals surface area (Å²) in [5, 5.41) is 0. The third-order valence-electron chi connectivity index (χ3n) is 2.89. The Balaban J connectivity index is 0.00000172. The van der Waals surface area contributed by atoms with Crippen LogP contribution in [0, 0.1) is 12.3 Å². The Morgan fingerprint density at radius 3 is 2.35 bits per heavy atom. The van der Waals surface area contributed by atoms with Crippen LogP contribution in [-0.4, -0.2) is 20.8 Å². The van der Waals surface area contributed by atoms with Crippen molar-refractivity contribution in [2.24, 2.45) is 5.41 Å². The van der Waals surface area contributed by atoms with Gasteiger partial charge in [-0.15, -0.1) is 0 Å². The minimum absolute atomic E-state index is 0.169. The topological polar surface area (TPSA) is 18.5 Å². The van der Waals surface area contributed by atoms with E-state index in [4.69, 9.17) is 9.47 Å². The van der Waals surface area contributed by atoms with Crippen LogP contribution in [0.1, 0.15) is 45.2 Å². The number of ether oxygens (including phenoxy) is 2. The summed E-state index contributed by atoms with van der Waals surface area (Å²) in [6, 6.07) is 6.21. The molecular formula is C18H30O2. The molecule has 0 aliphatic rings. The van der Waals surface area contributed by atoms with Crippen LogP contribution in [0.15, 0.2) is 24.3 Å². The first-order valence-electron chi connectivity index (χ1n) is 7.28. The summed E-state index contributed by atoms with van der Waals surface area (Å²) < 4.78 is 10.6. The molecule has 1 aromatic rings. The van der Waals surface area contributed by atoms with Crippen molar-refractivity contribution in [1.29, 1.82) is 0 Å². The summed E-state index contributed by atoms with van der Waals surface area (Å²) in [6.07, 6.45) is 5.30. The number of benzene rings is 1. The Bertz CT molecular complexity index is 406. The van der Waals surface area contributed by atoms with Gasteiger partial charge in [0.15, 0.2) is 0 Å². The van der Waals surface area contributed by atoms with Gasteiger partial charge in [-0.3, -0.25) is 0 Å². The Hall–Kier alpha value is -1.28. The van der Waals surface area contributed by atoms with Crippen molar-refractivity contribution in [3.63, 3.8) is 0 Å². The SMILES string of the molecule is CC.COCC(C)(C)C/C=C/c1cc(C)ccc1OC. The molecule has 0 amide bonds. The van der Waals surface area contributed by atoms with E-state index in [-0.39, 0.29) is 5.41 Å². The zero-order valence-corrected chi connectivity index (χ0v) is 14.1. The van der Waals surface area contributed by atoms with Crippen molar-refractivity contribution in [1.82, 2.24) is 0 Å². The van der Waals surface area contributed by atoms with Crippen molar-refractivity contribution in [2.45, 2.75) is 41.0 Å². The molecule has 1 rings (SSSR count). The maximum Gasteiger partial charge on any atom is 0.126 e. The normalized spacial score (nSPS) is 11.2. The van der Waals surface area contributed by atoms with Gasteiger partial charge in [-0.2, -0.15) is 0 Å². The lowest BCUT2D eigenvalue weighted by Crippen LogP contribution is -2.16. The van der Waals surface area contributed by atoms with Crippen LogP contribution in [0.3, 0.4) is 0 Å². The Kier molecular flexibility index (Phi) is 8.98. The third-order valence-corrected chi connectivity index (χ3v) is 2.89. The van der Waals surface area contributed by atoms with Crippen LogP contribution >= 0.6 is 0 Å². The molecular weight excluding hydrogens is 248 g/mol. The van der Waals surface area contributed by atoms with Crippen LogP contribution in [0.4, 0.5) is 0 Å². The first-order chi connectivity index (χ1) is 9.48. The quantitative estimate of drug-likeness (QED) is 0.720. The van der Waals surface area contributed by atoms with Gasteiger partial charge in [0.1, 0.15) is 5.75 Å². The van der Waals surface area contributed by atoms with Gasteiger partial charge in [-0.1, -0.05) is 51.5 Å². The van der Waals surface area contributed by atoms with Crippen LogP contribution < -0.4 is 4.74 Å². The van der Waals surface area contributed by atoms with Gasteiger partial charge >= 0.3 is 0 Å². The maximum atomic E-state index is 5.35. The van der Waals surface area contributed by atoms with Crippen molar-refractivity contribution < 1.29 is 9.47 Å². The molecule has 0 aromatic heterocycles. The highest BCUT2D eigenvalue weighted by atomic mass is 16.5. The van der Waals surface area contributed by atoms with Crippen LogP contribution in [0.5, 0.6) is 5.75 Å². The summed E-state index contributed by atoms with van der Waals surface area (Å²) in [5.41, 5.74) is 2.54. The lowest BCUT2D eigenvalue weighted by atomic mass is 9.90. The van der Waals surface area contributed by atoms with E-state index < -0.39 is 0 Å². The fourth-order valence-corrected chi connectivity index (χ4v) is 1.94. The van der Waals surface area contributed by atoms with E-state index in [0.717, 1.165) is 24.3 Å². The van der Waals surface area contributed by atoms with Gasteiger partial charge in [0.2, 0.25) is 0 Å². The Labute approximate surface area is 124 Å². The van der Waals surface area contributed by atoms with Crippen molar-refractivity contribution in [3.8, 4) is 5.75 Å². The first-order valence-corrected chi connectivity index (χ1v) is 7.28. The molecule has 0 aliphatic heterocycles. The first kappa shape index (κ1) is 18.7. The molecule has 20 heavy (non-hydrogen) atoms. The second-order valence-electron chi connectivity index (χ2n) is 5.45. The van der Waals surface area contributed by atoms with Gasteiger partial charge in [0.05, 0.1) is 13.7 Å². The molecule has 0 heterocycles. The smallest absolute Gasteiger partial charge is 0.126 e. The zero-order valence-electron chi connectivity index (χ0n) is 14.1. The monoisotopic (exact) mass is 278 g/mol. The standard InChI is InChI=1S/C16H24O2.C2H6/c1-13-8-9-15(18-5)14(11-13)7-6-10-16(2,3)12-17-4;1-2/h6-9,11H,10,12H2,1-5H3;1-2H3/b7-6+;. The fraction of sp³-hybridized carbons (Fsp3) is 0.556. The average molecular weight is 278 g/mol. The van der Waals surface area contributed by atoms with E-state index in [1.54, 1.807) is 14.2 Å². The summed E-state index contributed by atoms with van der Waals surface area (Å²) in [5.74, 6) is 0.918. The second kappa shape index (κ2) is 9.60. The van der Waals surface area contributed by atoms with E-state index in [1.165, 1.54) is 5.56 Å². The molecule has 0 spiro atoms. The van der Waals surface area contributed by atoms with Crippen LogP contribution in [0.25, 0.3) is 6.08 Å². The van der Waals surface area contributed by atoms with E-state index in [2.05, 4.69) is 45.1 Å². The lowest BCUT2D eigenvalue weighted by molar-refractivity contribution is 0.106. The molecule has 0 atom stereocenters. The number of rotatable bonds is 6. The number of methoxy groups -OCH3 is 2. The highest BCUT2D eigenvalue weighted by molar-refractivity contribution is 5.58. The van der Waals surface area contributed by atoms with E-state index >= 15 is 0 Å². The van der Waals surface area contributed by atoms with E-state index in [0.29, 0.717) is 0 Å². The molecule has 0 saturated heterocycles. The Morgan fingerprint density at radius 1 is 1.15 bits per heavy atom. The maximum absolute atomic E-state index is 5.35. The predicted octanol–water partition coefficient (Wildman–Crippen LogP) is 5.11. The average Bonchev–Trinajstić information content (AvgIpc) is 2.41. The van der Waals surface area contributed by atoms with Crippen molar-refractivity contribution >= 4 is 6.08 Å². The molecule has 0 fully saturated rings. The summed E-state index contributed by atoms with van der Waals surface area (Å²) >= 11 is 0. The van der Waals surface area contributed by atoms with Crippen molar-refractivity contribution in [3.05, 3.63) is 35.4 Å². The molecule has 114 valence electrons. The van der Waals surface area contributed by atoms with E-state index in [9.17, 15) is 0 Å². The molecule has 0 radical (unpaired) electrons. The molecule has 0 bridgehead atoms. The molecule has 2 heteroatoms. The summed E-state index contributed by atoms with van der Waals surface area (Å²) in [6.45, 7) is 11.3. The lowest BCUT2D eigenvalue weighted by Gasteiger charge is -2.21. The van der Waals surface area contributed by atoms with Crippen LogP contribution in [-0.2, 0) is 4.74 Å². The molecule has 0 aliphatic carbocycles. The molecule has 0 saturated carbocycles. The molecule has 2 nitrogen and oxygen atoms in total. The Morgan fingerprint density at radius 2 is 1.80 bits per heavy atom. The van der Waals surface area contributed by atoms with Gasteiger partial charge in [-0.25, -0.2) is 0 Å². The largest absolute Gasteiger partial charge is 0.496 e. The molecule has 0 unspecified atom stereocenters. The fourth-order valence-electron chi connectivity index (χ4n) is 1.94. The number of hydrogen-bond donors (Lipinski definition) is 0. The highest BCUT2D eigenvalue weighted by Gasteiger charge is 2.15. The van der Waals surface area contributed by atoms with Gasteiger partial charge < -0.3 is 9.47 Å². The number of allylic oxidation sites excluding steroid dienone is 1. The predicted molar refractivity (Wildman–Crippen MR) is 88.4 cm³/mol.